The number of ether oxygens (including phenoxy) is 4. The number of hydrazone groups is 1. The zero-order valence-corrected chi connectivity index (χ0v) is 23.2. The van der Waals surface area contributed by atoms with Crippen LogP contribution >= 0.6 is 11.8 Å². The third-order valence-corrected chi connectivity index (χ3v) is 7.07. The Balaban J connectivity index is 1.22. The van der Waals surface area contributed by atoms with Crippen LogP contribution in [-0.4, -0.2) is 53.9 Å². The van der Waals surface area contributed by atoms with Crippen LogP contribution in [0.5, 0.6) is 23.0 Å². The van der Waals surface area contributed by atoms with E-state index in [1.807, 2.05) is 55.5 Å². The maximum Gasteiger partial charge on any atom is 0.283 e. The molecule has 0 radical (unpaired) electrons. The molecule has 0 saturated carbocycles. The van der Waals surface area contributed by atoms with E-state index >= 15 is 0 Å². The van der Waals surface area contributed by atoms with E-state index in [1.54, 1.807) is 31.4 Å². The number of fused-ring (bicyclic) bond motifs is 1. The molecule has 1 amide bonds. The van der Waals surface area contributed by atoms with Gasteiger partial charge in [-0.05, 0) is 84.8 Å². The average Bonchev–Trinajstić information content (AvgIpc) is 3.38. The lowest BCUT2D eigenvalue weighted by molar-refractivity contribution is -0.114. The third kappa shape index (κ3) is 6.18. The SMILES string of the molecule is COc1cc(/C=C2/C(=N)N3N=C(COc4ccccc4)SC3=NC2=O)ccc1OCCOc1ccc(C)c(C)c1. The second-order valence-corrected chi connectivity index (χ2v) is 10.0. The fourth-order valence-electron chi connectivity index (χ4n) is 3.93. The van der Waals surface area contributed by atoms with Gasteiger partial charge in [0.2, 0.25) is 5.17 Å². The summed E-state index contributed by atoms with van der Waals surface area (Å²) in [5.41, 5.74) is 3.16. The standard InChI is InChI=1S/C30H28N4O5S/c1-19-9-11-23(15-20(19)2)37-13-14-38-25-12-10-21(17-26(25)36-3)16-24-28(31)34-30(32-29(24)35)40-27(33-34)18-39-22-7-5-4-6-8-22/h4-12,15-17,31H,13-14,18H2,1-3H3/b24-16-,31-28?. The van der Waals surface area contributed by atoms with E-state index in [9.17, 15) is 4.79 Å². The second-order valence-electron chi connectivity index (χ2n) is 8.97. The zero-order valence-electron chi connectivity index (χ0n) is 22.3. The Morgan fingerprint density at radius 3 is 2.48 bits per heavy atom. The van der Waals surface area contributed by atoms with Crippen LogP contribution in [0.15, 0.2) is 82.4 Å². The number of amides is 1. The molecule has 2 heterocycles. The van der Waals surface area contributed by atoms with Crippen LogP contribution in [0, 0.1) is 19.3 Å². The summed E-state index contributed by atoms with van der Waals surface area (Å²) in [6.45, 7) is 5.01. The van der Waals surface area contributed by atoms with Crippen LogP contribution in [0.2, 0.25) is 0 Å². The number of hydrogen-bond acceptors (Lipinski definition) is 8. The Bertz CT molecular complexity index is 1530. The molecule has 3 aromatic carbocycles. The van der Waals surface area contributed by atoms with Crippen molar-refractivity contribution in [2.45, 2.75) is 13.8 Å². The van der Waals surface area contributed by atoms with Crippen LogP contribution in [0.3, 0.4) is 0 Å². The largest absolute Gasteiger partial charge is 0.493 e. The van der Waals surface area contributed by atoms with Gasteiger partial charge in [-0.3, -0.25) is 10.2 Å². The first-order valence-corrected chi connectivity index (χ1v) is 13.4. The highest BCUT2D eigenvalue weighted by Crippen LogP contribution is 2.32. The number of carbonyl (C=O) groups is 1. The van der Waals surface area contributed by atoms with Crippen molar-refractivity contribution in [2.24, 2.45) is 10.1 Å². The number of rotatable bonds is 10. The first kappa shape index (κ1) is 27.0. The molecule has 3 aromatic rings. The van der Waals surface area contributed by atoms with Crippen molar-refractivity contribution < 1.29 is 23.7 Å². The van der Waals surface area contributed by atoms with Crippen molar-refractivity contribution >= 4 is 39.8 Å². The van der Waals surface area contributed by atoms with E-state index in [2.05, 4.69) is 17.0 Å². The normalized spacial score (nSPS) is 15.5. The molecule has 0 aliphatic carbocycles. The number of hydrogen-bond donors (Lipinski definition) is 1. The molecular weight excluding hydrogens is 528 g/mol. The summed E-state index contributed by atoms with van der Waals surface area (Å²) in [7, 11) is 1.55. The molecule has 0 unspecified atom stereocenters. The van der Waals surface area contributed by atoms with E-state index in [0.29, 0.717) is 46.2 Å². The van der Waals surface area contributed by atoms with Gasteiger partial charge in [-0.1, -0.05) is 30.3 Å². The lowest BCUT2D eigenvalue weighted by Crippen LogP contribution is -2.35. The van der Waals surface area contributed by atoms with Gasteiger partial charge in [-0.2, -0.15) is 15.1 Å². The van der Waals surface area contributed by atoms with E-state index in [0.717, 1.165) is 5.75 Å². The number of aryl methyl sites for hydroxylation is 2. The monoisotopic (exact) mass is 556 g/mol. The summed E-state index contributed by atoms with van der Waals surface area (Å²) in [4.78, 5) is 16.9. The minimum absolute atomic E-state index is 0.0556. The summed E-state index contributed by atoms with van der Waals surface area (Å²) in [5, 5.41) is 15.3. The van der Waals surface area contributed by atoms with Crippen molar-refractivity contribution in [2.75, 3.05) is 26.9 Å². The highest BCUT2D eigenvalue weighted by atomic mass is 32.2. The van der Waals surface area contributed by atoms with Crippen molar-refractivity contribution in [3.8, 4) is 23.0 Å². The Kier molecular flexibility index (Phi) is 8.16. The number of aliphatic imine (C=N–C) groups is 1. The van der Waals surface area contributed by atoms with E-state index in [-0.39, 0.29) is 18.0 Å². The number of thioether (sulfide) groups is 1. The number of methoxy groups -OCH3 is 1. The van der Waals surface area contributed by atoms with Gasteiger partial charge in [-0.15, -0.1) is 0 Å². The van der Waals surface area contributed by atoms with Crippen molar-refractivity contribution in [1.29, 1.82) is 5.41 Å². The molecule has 40 heavy (non-hydrogen) atoms. The molecule has 10 heteroatoms. The van der Waals surface area contributed by atoms with E-state index in [1.165, 1.54) is 27.9 Å². The quantitative estimate of drug-likeness (QED) is 0.261. The minimum atomic E-state index is -0.507. The average molecular weight is 557 g/mol. The third-order valence-electron chi connectivity index (χ3n) is 6.19. The summed E-state index contributed by atoms with van der Waals surface area (Å²) in [5.74, 6) is 1.98. The summed E-state index contributed by atoms with van der Waals surface area (Å²) in [6.07, 6.45) is 1.60. The van der Waals surface area contributed by atoms with Gasteiger partial charge in [0, 0.05) is 0 Å². The molecule has 2 aliphatic heterocycles. The lowest BCUT2D eigenvalue weighted by Gasteiger charge is -2.20. The maximum atomic E-state index is 12.8. The van der Waals surface area contributed by atoms with Gasteiger partial charge < -0.3 is 18.9 Å². The molecular formula is C30H28N4O5S. The van der Waals surface area contributed by atoms with Gasteiger partial charge in [0.05, 0.1) is 12.7 Å². The van der Waals surface area contributed by atoms with E-state index in [4.69, 9.17) is 24.4 Å². The molecule has 0 spiro atoms. The predicted octanol–water partition coefficient (Wildman–Crippen LogP) is 5.47. The van der Waals surface area contributed by atoms with Gasteiger partial charge in [-0.25, -0.2) is 0 Å². The fraction of sp³-hybridized carbons (Fsp3) is 0.200. The molecule has 9 nitrogen and oxygen atoms in total. The molecule has 5 rings (SSSR count). The molecule has 2 aliphatic rings. The lowest BCUT2D eigenvalue weighted by atomic mass is 10.1. The highest BCUT2D eigenvalue weighted by Gasteiger charge is 2.35. The smallest absolute Gasteiger partial charge is 0.283 e. The highest BCUT2D eigenvalue weighted by molar-refractivity contribution is 8.27. The number of nitrogens with zero attached hydrogens (tertiary/aromatic N) is 3. The van der Waals surface area contributed by atoms with Crippen LogP contribution < -0.4 is 18.9 Å². The summed E-state index contributed by atoms with van der Waals surface area (Å²) < 4.78 is 22.9. The predicted molar refractivity (Wildman–Crippen MR) is 157 cm³/mol. The topological polar surface area (TPSA) is 106 Å². The van der Waals surface area contributed by atoms with Crippen molar-refractivity contribution in [3.63, 3.8) is 0 Å². The molecule has 0 fully saturated rings. The second kappa shape index (κ2) is 12.1. The Morgan fingerprint density at radius 2 is 1.70 bits per heavy atom. The van der Waals surface area contributed by atoms with Gasteiger partial charge in [0.25, 0.3) is 5.91 Å². The van der Waals surface area contributed by atoms with Crippen LogP contribution in [0.25, 0.3) is 6.08 Å². The minimum Gasteiger partial charge on any atom is -0.493 e. The number of benzene rings is 3. The number of carbonyl (C=O) groups excluding carboxylic acids is 1. The Morgan fingerprint density at radius 1 is 0.900 bits per heavy atom. The van der Waals surface area contributed by atoms with Gasteiger partial charge in [0.1, 0.15) is 36.4 Å². The summed E-state index contributed by atoms with van der Waals surface area (Å²) in [6, 6.07) is 20.6. The number of amidine groups is 2. The molecule has 0 saturated heterocycles. The van der Waals surface area contributed by atoms with Crippen LogP contribution in [-0.2, 0) is 4.79 Å². The van der Waals surface area contributed by atoms with Crippen molar-refractivity contribution in [3.05, 3.63) is 89.0 Å². The first-order chi connectivity index (χ1) is 19.4. The summed E-state index contributed by atoms with van der Waals surface area (Å²) >= 11 is 1.21. The van der Waals surface area contributed by atoms with E-state index < -0.39 is 5.91 Å². The van der Waals surface area contributed by atoms with Crippen LogP contribution in [0.4, 0.5) is 0 Å². The Hall–Kier alpha value is -4.57. The Labute approximate surface area is 236 Å². The molecule has 1 N–H and O–H groups in total. The molecule has 0 bridgehead atoms. The molecule has 0 aromatic heterocycles. The molecule has 0 atom stereocenters. The zero-order chi connectivity index (χ0) is 28.1. The van der Waals surface area contributed by atoms with Gasteiger partial charge in [0.15, 0.2) is 17.3 Å². The number of para-hydroxylation sites is 1. The maximum absolute atomic E-state index is 12.8. The molecule has 204 valence electrons. The number of nitrogens with one attached hydrogen (secondary N) is 1. The first-order valence-electron chi connectivity index (χ1n) is 12.6. The van der Waals surface area contributed by atoms with Crippen LogP contribution in [0.1, 0.15) is 16.7 Å². The van der Waals surface area contributed by atoms with Crippen molar-refractivity contribution in [1.82, 2.24) is 5.01 Å². The van der Waals surface area contributed by atoms with Gasteiger partial charge >= 0.3 is 0 Å². The fourth-order valence-corrected chi connectivity index (χ4v) is 4.72.